The van der Waals surface area contributed by atoms with E-state index in [1.807, 2.05) is 36.9 Å². The summed E-state index contributed by atoms with van der Waals surface area (Å²) in [6, 6.07) is 8.68. The van der Waals surface area contributed by atoms with E-state index in [4.69, 9.17) is 4.74 Å². The molecule has 23 heavy (non-hydrogen) atoms. The third-order valence-electron chi connectivity index (χ3n) is 4.33. The van der Waals surface area contributed by atoms with Crippen LogP contribution < -0.4 is 0 Å². The molecule has 2 aromatic heterocycles. The van der Waals surface area contributed by atoms with Gasteiger partial charge in [-0.15, -0.1) is 6.58 Å². The summed E-state index contributed by atoms with van der Waals surface area (Å²) in [6.07, 6.45) is 11.6. The van der Waals surface area contributed by atoms with Gasteiger partial charge in [-0.2, -0.15) is 0 Å². The van der Waals surface area contributed by atoms with Gasteiger partial charge in [-0.3, -0.25) is 14.9 Å². The highest BCUT2D eigenvalue weighted by Gasteiger charge is 2.34. The predicted molar refractivity (Wildman–Crippen MR) is 90.9 cm³/mol. The first-order valence-electron chi connectivity index (χ1n) is 8.11. The van der Waals surface area contributed by atoms with Gasteiger partial charge in [0.15, 0.2) is 0 Å². The first kappa shape index (κ1) is 15.8. The number of aromatic nitrogens is 2. The van der Waals surface area contributed by atoms with Crippen molar-refractivity contribution in [3.63, 3.8) is 0 Å². The zero-order chi connectivity index (χ0) is 15.9. The lowest BCUT2D eigenvalue weighted by Crippen LogP contribution is -2.38. The van der Waals surface area contributed by atoms with Crippen LogP contribution >= 0.6 is 0 Å². The molecule has 3 heterocycles. The van der Waals surface area contributed by atoms with Gasteiger partial charge in [0.05, 0.1) is 12.7 Å². The lowest BCUT2D eigenvalue weighted by molar-refractivity contribution is 0.0421. The number of pyridine rings is 2. The van der Waals surface area contributed by atoms with Crippen LogP contribution in [-0.2, 0) is 17.7 Å². The number of ether oxygens (including phenoxy) is 1. The van der Waals surface area contributed by atoms with Crippen molar-refractivity contribution in [2.75, 3.05) is 13.2 Å². The van der Waals surface area contributed by atoms with Gasteiger partial charge in [-0.05, 0) is 42.2 Å². The zero-order valence-corrected chi connectivity index (χ0v) is 13.3. The van der Waals surface area contributed by atoms with Crippen molar-refractivity contribution in [3.05, 3.63) is 72.8 Å². The first-order valence-corrected chi connectivity index (χ1v) is 8.11. The van der Waals surface area contributed by atoms with E-state index >= 15 is 0 Å². The van der Waals surface area contributed by atoms with E-state index in [9.17, 15) is 0 Å². The fourth-order valence-corrected chi connectivity index (χ4v) is 3.22. The third-order valence-corrected chi connectivity index (χ3v) is 4.33. The molecule has 1 aliphatic rings. The Morgan fingerprint density at radius 2 is 2.04 bits per heavy atom. The molecule has 0 N–H and O–H groups in total. The second kappa shape index (κ2) is 7.99. The average molecular weight is 309 g/mol. The first-order chi connectivity index (χ1) is 11.4. The van der Waals surface area contributed by atoms with Crippen molar-refractivity contribution >= 4 is 0 Å². The molecule has 0 bridgehead atoms. The van der Waals surface area contributed by atoms with Crippen molar-refractivity contribution < 1.29 is 4.74 Å². The summed E-state index contributed by atoms with van der Waals surface area (Å²) in [6.45, 7) is 6.33. The topological polar surface area (TPSA) is 38.2 Å². The van der Waals surface area contributed by atoms with Crippen LogP contribution in [0.3, 0.4) is 0 Å². The van der Waals surface area contributed by atoms with E-state index in [1.54, 1.807) is 0 Å². The summed E-state index contributed by atoms with van der Waals surface area (Å²) < 4.78 is 6.01. The van der Waals surface area contributed by atoms with Gasteiger partial charge in [0.25, 0.3) is 0 Å². The van der Waals surface area contributed by atoms with Crippen LogP contribution in [-0.4, -0.2) is 40.2 Å². The Morgan fingerprint density at radius 3 is 2.78 bits per heavy atom. The number of likely N-dealkylation sites (tertiary alicyclic amines) is 1. The molecular formula is C19H23N3O. The molecule has 0 aromatic carbocycles. The summed E-state index contributed by atoms with van der Waals surface area (Å²) in [4.78, 5) is 10.8. The molecule has 0 aliphatic carbocycles. The Labute approximate surface area is 137 Å². The average Bonchev–Trinajstić information content (AvgIpc) is 2.96. The van der Waals surface area contributed by atoms with Crippen LogP contribution in [0.4, 0.5) is 0 Å². The molecule has 4 heteroatoms. The van der Waals surface area contributed by atoms with E-state index in [0.29, 0.717) is 12.6 Å². The Hall–Kier alpha value is -2.04. The fraction of sp³-hybridized carbons (Fsp3) is 0.368. The lowest BCUT2D eigenvalue weighted by Gasteiger charge is -2.28. The van der Waals surface area contributed by atoms with Crippen LogP contribution in [0.5, 0.6) is 0 Å². The van der Waals surface area contributed by atoms with E-state index in [1.165, 1.54) is 11.1 Å². The summed E-state index contributed by atoms with van der Waals surface area (Å²) in [5, 5.41) is 0. The maximum Gasteiger partial charge on any atom is 0.0750 e. The second-order valence-electron chi connectivity index (χ2n) is 5.91. The standard InChI is InChI=1S/C19H23N3O/c1-2-12-23-19-7-11-22(15-17-4-3-8-21-14-17)18(19)13-16-5-9-20-10-6-16/h2-6,8-10,14,18-19H,1,7,11-13,15H2/t18-,19-/m1/s1. The predicted octanol–water partition coefficient (Wildman–Crippen LogP) is 2.86. The molecule has 1 saturated heterocycles. The van der Waals surface area contributed by atoms with Crippen molar-refractivity contribution in [2.24, 2.45) is 0 Å². The Morgan fingerprint density at radius 1 is 1.17 bits per heavy atom. The second-order valence-corrected chi connectivity index (χ2v) is 5.91. The van der Waals surface area contributed by atoms with E-state index in [-0.39, 0.29) is 6.10 Å². The molecular weight excluding hydrogens is 286 g/mol. The molecule has 2 atom stereocenters. The van der Waals surface area contributed by atoms with E-state index < -0.39 is 0 Å². The largest absolute Gasteiger partial charge is 0.372 e. The van der Waals surface area contributed by atoms with E-state index in [0.717, 1.165) is 25.9 Å². The molecule has 3 rings (SSSR count). The van der Waals surface area contributed by atoms with Crippen LogP contribution in [0.2, 0.25) is 0 Å². The van der Waals surface area contributed by atoms with Gasteiger partial charge in [0.2, 0.25) is 0 Å². The Balaban J connectivity index is 1.73. The minimum atomic E-state index is 0.248. The summed E-state index contributed by atoms with van der Waals surface area (Å²) >= 11 is 0. The number of nitrogens with zero attached hydrogens (tertiary/aromatic N) is 3. The third kappa shape index (κ3) is 4.24. The normalized spacial score (nSPS) is 21.4. The monoisotopic (exact) mass is 309 g/mol. The Kier molecular flexibility index (Phi) is 5.51. The molecule has 0 unspecified atom stereocenters. The summed E-state index contributed by atoms with van der Waals surface area (Å²) in [5.74, 6) is 0. The minimum Gasteiger partial charge on any atom is -0.372 e. The summed E-state index contributed by atoms with van der Waals surface area (Å²) in [5.41, 5.74) is 2.55. The highest BCUT2D eigenvalue weighted by Crippen LogP contribution is 2.26. The maximum absolute atomic E-state index is 6.01. The van der Waals surface area contributed by atoms with Crippen LogP contribution in [0.1, 0.15) is 17.5 Å². The molecule has 0 spiro atoms. The van der Waals surface area contributed by atoms with Gasteiger partial charge in [-0.25, -0.2) is 0 Å². The quantitative estimate of drug-likeness (QED) is 0.737. The number of hydrogen-bond acceptors (Lipinski definition) is 4. The number of rotatable bonds is 7. The fourth-order valence-electron chi connectivity index (χ4n) is 3.22. The Bertz CT molecular complexity index is 603. The SMILES string of the molecule is C=CCO[C@@H]1CCN(Cc2cccnc2)[C@@H]1Cc1ccncc1. The summed E-state index contributed by atoms with van der Waals surface area (Å²) in [7, 11) is 0. The van der Waals surface area contributed by atoms with Gasteiger partial charge in [-0.1, -0.05) is 12.1 Å². The molecule has 1 aliphatic heterocycles. The molecule has 0 amide bonds. The lowest BCUT2D eigenvalue weighted by atomic mass is 10.0. The van der Waals surface area contributed by atoms with Crippen LogP contribution in [0.25, 0.3) is 0 Å². The molecule has 0 radical (unpaired) electrons. The van der Waals surface area contributed by atoms with Gasteiger partial charge in [0.1, 0.15) is 0 Å². The van der Waals surface area contributed by atoms with Crippen molar-refractivity contribution in [3.8, 4) is 0 Å². The number of hydrogen-bond donors (Lipinski definition) is 0. The van der Waals surface area contributed by atoms with Gasteiger partial charge < -0.3 is 4.74 Å². The van der Waals surface area contributed by atoms with Gasteiger partial charge in [0, 0.05) is 43.9 Å². The van der Waals surface area contributed by atoms with Gasteiger partial charge >= 0.3 is 0 Å². The van der Waals surface area contributed by atoms with Crippen LogP contribution in [0, 0.1) is 0 Å². The van der Waals surface area contributed by atoms with Crippen molar-refractivity contribution in [1.29, 1.82) is 0 Å². The molecule has 1 fully saturated rings. The molecule has 2 aromatic rings. The zero-order valence-electron chi connectivity index (χ0n) is 13.3. The molecule has 4 nitrogen and oxygen atoms in total. The van der Waals surface area contributed by atoms with E-state index in [2.05, 4.69) is 39.6 Å². The minimum absolute atomic E-state index is 0.248. The highest BCUT2D eigenvalue weighted by molar-refractivity contribution is 5.14. The smallest absolute Gasteiger partial charge is 0.0750 e. The molecule has 120 valence electrons. The highest BCUT2D eigenvalue weighted by atomic mass is 16.5. The maximum atomic E-state index is 6.01. The van der Waals surface area contributed by atoms with Crippen LogP contribution in [0.15, 0.2) is 61.7 Å². The van der Waals surface area contributed by atoms with Crippen molar-refractivity contribution in [1.82, 2.24) is 14.9 Å². The van der Waals surface area contributed by atoms with Crippen molar-refractivity contribution in [2.45, 2.75) is 31.5 Å². The molecule has 0 saturated carbocycles.